The van der Waals surface area contributed by atoms with Crippen LogP contribution in [0.3, 0.4) is 0 Å². The molecule has 13 aromatic carbocycles. The molecular formula is C84H59N9O3Si. The average molecular weight is 1270 g/mol. The zero-order chi connectivity index (χ0) is 64.7. The Morgan fingerprint density at radius 1 is 0.165 bits per heavy atom. The summed E-state index contributed by atoms with van der Waals surface area (Å²) in [5.41, 5.74) is 14.1. The summed E-state index contributed by atoms with van der Waals surface area (Å²) in [6.07, 6.45) is 0. The van der Waals surface area contributed by atoms with Crippen molar-refractivity contribution in [3.63, 3.8) is 0 Å². The zero-order valence-corrected chi connectivity index (χ0v) is 53.3. The standard InChI is InChI=1S/C84H59N9O3Si/c1-8-22-66(23-9-1)91(67-24-10-2-11-25-67)72-48-36-60(37-49-72)79-85-88-82(94-79)63-42-54-76(55-43-63)97(75-34-20-7-21-35-75,77-56-44-64(45-57-77)83-89-86-80(95-83)61-38-50-73(51-39-61)92(68-26-12-3-13-27-68)69-28-14-4-15-29-69)78-58-46-65(47-59-78)84-90-87-81(96-84)62-40-52-74(53-41-62)93(70-30-16-5-17-31-70)71-32-18-6-19-33-71/h1-59H. The molecule has 0 spiro atoms. The monoisotopic (exact) mass is 1270 g/mol. The molecule has 3 aromatic heterocycles. The van der Waals surface area contributed by atoms with Crippen LogP contribution in [0.4, 0.5) is 51.2 Å². The fourth-order valence-electron chi connectivity index (χ4n) is 12.7. The van der Waals surface area contributed by atoms with Gasteiger partial charge in [0.2, 0.25) is 35.3 Å². The maximum atomic E-state index is 6.50. The minimum Gasteiger partial charge on any atom is -0.416 e. The van der Waals surface area contributed by atoms with Gasteiger partial charge in [-0.15, -0.1) is 30.6 Å². The molecule has 0 radical (unpaired) electrons. The van der Waals surface area contributed by atoms with Crippen LogP contribution in [0.1, 0.15) is 0 Å². The van der Waals surface area contributed by atoms with Crippen LogP contribution in [-0.4, -0.2) is 38.7 Å². The van der Waals surface area contributed by atoms with Gasteiger partial charge in [-0.2, -0.15) is 0 Å². The van der Waals surface area contributed by atoms with E-state index in [2.05, 4.69) is 258 Å². The number of hydrogen-bond acceptors (Lipinski definition) is 12. The normalized spacial score (nSPS) is 11.3. The van der Waals surface area contributed by atoms with Crippen LogP contribution in [0.25, 0.3) is 68.7 Å². The molecule has 16 aromatic rings. The molecule has 97 heavy (non-hydrogen) atoms. The maximum Gasteiger partial charge on any atom is 0.248 e. The minimum absolute atomic E-state index is 0.411. The lowest BCUT2D eigenvalue weighted by Crippen LogP contribution is -2.74. The number of anilines is 9. The van der Waals surface area contributed by atoms with E-state index < -0.39 is 8.07 Å². The highest BCUT2D eigenvalue weighted by molar-refractivity contribution is 7.19. The Morgan fingerprint density at radius 2 is 0.320 bits per heavy atom. The van der Waals surface area contributed by atoms with Crippen LogP contribution >= 0.6 is 0 Å². The van der Waals surface area contributed by atoms with Gasteiger partial charge in [-0.25, -0.2) is 0 Å². The second kappa shape index (κ2) is 26.5. The molecule has 0 N–H and O–H groups in total. The molecule has 16 rings (SSSR count). The van der Waals surface area contributed by atoms with Crippen molar-refractivity contribution < 1.29 is 13.3 Å². The van der Waals surface area contributed by atoms with Gasteiger partial charge in [0.15, 0.2) is 8.07 Å². The predicted molar refractivity (Wildman–Crippen MR) is 390 cm³/mol. The molecular weight excluding hydrogens is 1210 g/mol. The Balaban J connectivity index is 0.726. The largest absolute Gasteiger partial charge is 0.416 e. The Bertz CT molecular complexity index is 4610. The smallest absolute Gasteiger partial charge is 0.248 e. The Labute approximate surface area is 562 Å². The lowest BCUT2D eigenvalue weighted by atomic mass is 10.1. The van der Waals surface area contributed by atoms with E-state index in [-0.39, 0.29) is 0 Å². The van der Waals surface area contributed by atoms with Gasteiger partial charge in [0.05, 0.1) is 0 Å². The van der Waals surface area contributed by atoms with Crippen molar-refractivity contribution >= 4 is 80.0 Å². The van der Waals surface area contributed by atoms with Crippen molar-refractivity contribution in [1.82, 2.24) is 30.6 Å². The van der Waals surface area contributed by atoms with Gasteiger partial charge in [-0.05, 0) is 203 Å². The second-order valence-electron chi connectivity index (χ2n) is 23.2. The van der Waals surface area contributed by atoms with Gasteiger partial charge < -0.3 is 28.0 Å². The first-order chi connectivity index (χ1) is 48.1. The highest BCUT2D eigenvalue weighted by Gasteiger charge is 2.42. The number of para-hydroxylation sites is 6. The Kier molecular flexibility index (Phi) is 16.1. The zero-order valence-electron chi connectivity index (χ0n) is 52.3. The van der Waals surface area contributed by atoms with Gasteiger partial charge >= 0.3 is 0 Å². The van der Waals surface area contributed by atoms with E-state index in [1.807, 2.05) is 146 Å². The third-order valence-corrected chi connectivity index (χ3v) is 22.2. The third kappa shape index (κ3) is 11.9. The molecule has 0 unspecified atom stereocenters. The highest BCUT2D eigenvalue weighted by Crippen LogP contribution is 2.39. The lowest BCUT2D eigenvalue weighted by Gasteiger charge is -2.34. The predicted octanol–water partition coefficient (Wildman–Crippen LogP) is 18.6. The van der Waals surface area contributed by atoms with Gasteiger partial charge in [0, 0.05) is 84.6 Å². The molecule has 3 heterocycles. The molecule has 0 aliphatic carbocycles. The molecule has 0 amide bonds. The van der Waals surface area contributed by atoms with Crippen LogP contribution in [0.15, 0.2) is 371 Å². The van der Waals surface area contributed by atoms with Crippen LogP contribution in [0, 0.1) is 0 Å². The van der Waals surface area contributed by atoms with E-state index in [9.17, 15) is 0 Å². The number of benzene rings is 13. The molecule has 0 atom stereocenters. The van der Waals surface area contributed by atoms with Crippen molar-refractivity contribution in [3.05, 3.63) is 358 Å². The quantitative estimate of drug-likeness (QED) is 0.0565. The van der Waals surface area contributed by atoms with Crippen LogP contribution < -0.4 is 35.4 Å². The summed E-state index contributed by atoms with van der Waals surface area (Å²) in [6.45, 7) is 0. The first-order valence-electron chi connectivity index (χ1n) is 32.0. The summed E-state index contributed by atoms with van der Waals surface area (Å²) in [4.78, 5) is 6.67. The second-order valence-corrected chi connectivity index (χ2v) is 27.1. The first-order valence-corrected chi connectivity index (χ1v) is 34.0. The van der Waals surface area contributed by atoms with Gasteiger partial charge in [0.25, 0.3) is 0 Å². The summed E-state index contributed by atoms with van der Waals surface area (Å²) < 4.78 is 19.5. The fourth-order valence-corrected chi connectivity index (χ4v) is 17.4. The van der Waals surface area contributed by atoms with Crippen molar-refractivity contribution in [3.8, 4) is 68.7 Å². The molecule has 0 aliphatic heterocycles. The molecule has 0 saturated carbocycles. The Morgan fingerprint density at radius 3 is 0.515 bits per heavy atom. The van der Waals surface area contributed by atoms with E-state index in [1.165, 1.54) is 5.19 Å². The molecule has 0 saturated heterocycles. The highest BCUT2D eigenvalue weighted by atomic mass is 28.3. The summed E-state index contributed by atoms with van der Waals surface area (Å²) in [5.74, 6) is 2.50. The number of nitrogens with zero attached hydrogens (tertiary/aromatic N) is 9. The van der Waals surface area contributed by atoms with Crippen LogP contribution in [-0.2, 0) is 0 Å². The summed E-state index contributed by atoms with van der Waals surface area (Å²) in [6, 6.07) is 123. The van der Waals surface area contributed by atoms with Crippen molar-refractivity contribution in [2.45, 2.75) is 0 Å². The first kappa shape index (κ1) is 58.9. The molecule has 0 aliphatic rings. The van der Waals surface area contributed by atoms with E-state index in [1.54, 1.807) is 0 Å². The van der Waals surface area contributed by atoms with Crippen LogP contribution in [0.5, 0.6) is 0 Å². The number of hydrogen-bond donors (Lipinski definition) is 0. The molecule has 0 bridgehead atoms. The molecule has 13 heteroatoms. The van der Waals surface area contributed by atoms with E-state index in [0.29, 0.717) is 35.3 Å². The summed E-state index contributed by atoms with van der Waals surface area (Å²) in [7, 11) is -3.22. The fraction of sp³-hybridized carbons (Fsp3) is 0. The summed E-state index contributed by atoms with van der Waals surface area (Å²) in [5, 5.41) is 32.1. The maximum absolute atomic E-state index is 6.50. The lowest BCUT2D eigenvalue weighted by molar-refractivity contribution is 0.584. The summed E-state index contributed by atoms with van der Waals surface area (Å²) >= 11 is 0. The molecule has 12 nitrogen and oxygen atoms in total. The van der Waals surface area contributed by atoms with Gasteiger partial charge in [-0.1, -0.05) is 176 Å². The van der Waals surface area contributed by atoms with E-state index in [4.69, 9.17) is 13.3 Å². The number of aromatic nitrogens is 6. The minimum atomic E-state index is -3.22. The average Bonchev–Trinajstić information content (AvgIpc) is 0.819. The molecule has 462 valence electrons. The third-order valence-electron chi connectivity index (χ3n) is 17.4. The topological polar surface area (TPSA) is 126 Å². The van der Waals surface area contributed by atoms with Crippen molar-refractivity contribution in [1.29, 1.82) is 0 Å². The van der Waals surface area contributed by atoms with E-state index in [0.717, 1.165) is 100 Å². The Hall–Kier alpha value is -13.1. The van der Waals surface area contributed by atoms with Crippen molar-refractivity contribution in [2.24, 2.45) is 0 Å². The SMILES string of the molecule is c1ccc(N(c2ccccc2)c2ccc(-c3nnc(-c4ccc([Si](c5ccccc5)(c5ccc(-c6nnc(-c7ccc(N(c8ccccc8)c8ccccc8)cc7)o6)cc5)c5ccc(-c6nnc(-c7ccc(N(c8ccccc8)c8ccccc8)cc7)o6)cc5)cc4)o3)cc2)cc1. The molecule has 0 fully saturated rings. The van der Waals surface area contributed by atoms with Crippen LogP contribution in [0.2, 0.25) is 0 Å². The number of rotatable bonds is 19. The van der Waals surface area contributed by atoms with Crippen molar-refractivity contribution in [2.75, 3.05) is 14.7 Å². The van der Waals surface area contributed by atoms with Gasteiger partial charge in [0.1, 0.15) is 0 Å². The van der Waals surface area contributed by atoms with E-state index >= 15 is 0 Å². The van der Waals surface area contributed by atoms with Gasteiger partial charge in [-0.3, -0.25) is 0 Å².